The Balaban J connectivity index is 0.925. The van der Waals surface area contributed by atoms with Gasteiger partial charge in [-0.2, -0.15) is 4.98 Å². The molecule has 89 heavy (non-hydrogen) atoms. The molecule has 13 aromatic carbocycles. The second-order valence-electron chi connectivity index (χ2n) is 23.2. The van der Waals surface area contributed by atoms with Crippen LogP contribution in [0.5, 0.6) is 0 Å². The molecule has 5 nitrogen and oxygen atoms in total. The summed E-state index contributed by atoms with van der Waals surface area (Å²) < 4.78 is 7.17. The highest BCUT2D eigenvalue weighted by atomic mass is 28.3. The molecule has 0 saturated heterocycles. The van der Waals surface area contributed by atoms with Gasteiger partial charge in [0.15, 0.2) is 16.1 Å². The summed E-state index contributed by atoms with van der Waals surface area (Å²) in [4.78, 5) is 11.6. The molecule has 17 aromatic rings. The number of hydrogen-bond acceptors (Lipinski definition) is 2. The maximum atomic E-state index is 5.82. The van der Waals surface area contributed by atoms with E-state index in [1.807, 2.05) is 0 Å². The first-order chi connectivity index (χ1) is 44.2. The van der Waals surface area contributed by atoms with Gasteiger partial charge in [0.2, 0.25) is 5.95 Å². The Labute approximate surface area is 518 Å². The van der Waals surface area contributed by atoms with Gasteiger partial charge in [0.05, 0.1) is 38.8 Å². The average molecular weight is 1170 g/mol. The molecule has 4 aromatic heterocycles. The number of aromatic nitrogens is 5. The van der Waals surface area contributed by atoms with Gasteiger partial charge in [-0.1, -0.05) is 297 Å². The molecule has 0 unspecified atom stereocenters. The monoisotopic (exact) mass is 1170 g/mol. The lowest BCUT2D eigenvalue weighted by Gasteiger charge is -2.34. The quantitative estimate of drug-likeness (QED) is 0.0903. The van der Waals surface area contributed by atoms with Crippen molar-refractivity contribution >= 4 is 123 Å². The molecule has 0 radical (unpaired) electrons. The summed E-state index contributed by atoms with van der Waals surface area (Å²) in [5, 5.41) is 17.5. The van der Waals surface area contributed by atoms with Gasteiger partial charge in [-0.3, -0.25) is 9.13 Å². The molecule has 0 fully saturated rings. The minimum absolute atomic E-state index is 0.590. The van der Waals surface area contributed by atoms with Crippen LogP contribution in [0.4, 0.5) is 0 Å². The highest BCUT2D eigenvalue weighted by Gasteiger charge is 2.43. The fourth-order valence-corrected chi connectivity index (χ4v) is 24.4. The molecule has 4 heterocycles. The van der Waals surface area contributed by atoms with Gasteiger partial charge in [-0.25, -0.2) is 4.98 Å². The largest absolute Gasteiger partial charge is 0.309 e. The van der Waals surface area contributed by atoms with Gasteiger partial charge < -0.3 is 4.57 Å². The molecule has 7 heteroatoms. The Kier molecular flexibility index (Phi) is 12.5. The summed E-state index contributed by atoms with van der Waals surface area (Å²) in [7, 11) is -5.72. The van der Waals surface area contributed by atoms with Crippen molar-refractivity contribution in [3.63, 3.8) is 0 Å². The van der Waals surface area contributed by atoms with Crippen LogP contribution >= 0.6 is 0 Å². The molecule has 17 rings (SSSR count). The van der Waals surface area contributed by atoms with E-state index in [1.165, 1.54) is 52.3 Å². The van der Waals surface area contributed by atoms with Gasteiger partial charge in [0.1, 0.15) is 5.82 Å². The highest BCUT2D eigenvalue weighted by molar-refractivity contribution is 7.20. The van der Waals surface area contributed by atoms with Crippen molar-refractivity contribution in [3.05, 3.63) is 346 Å². The lowest BCUT2D eigenvalue weighted by atomic mass is 10.1. The Hall–Kier alpha value is -11.2. The molecule has 0 saturated carbocycles. The number of fused-ring (bicyclic) bond motifs is 10. The molecule has 0 atom stereocenters. The lowest BCUT2D eigenvalue weighted by Crippen LogP contribution is -2.74. The third-order valence-electron chi connectivity index (χ3n) is 18.6. The van der Waals surface area contributed by atoms with E-state index in [-0.39, 0.29) is 0 Å². The van der Waals surface area contributed by atoms with Crippen molar-refractivity contribution in [3.8, 4) is 28.7 Å². The minimum Gasteiger partial charge on any atom is -0.309 e. The molecule has 0 spiro atoms. The van der Waals surface area contributed by atoms with E-state index < -0.39 is 16.1 Å². The van der Waals surface area contributed by atoms with Gasteiger partial charge in [0.25, 0.3) is 0 Å². The van der Waals surface area contributed by atoms with Crippen molar-refractivity contribution in [1.82, 2.24) is 23.7 Å². The fourth-order valence-electron chi connectivity index (χ4n) is 14.8. The van der Waals surface area contributed by atoms with E-state index in [1.54, 1.807) is 0 Å². The zero-order valence-electron chi connectivity index (χ0n) is 48.6. The van der Waals surface area contributed by atoms with E-state index in [9.17, 15) is 0 Å². The zero-order chi connectivity index (χ0) is 58.9. The molecule has 0 aliphatic carbocycles. The number of para-hydroxylation sites is 4. The third kappa shape index (κ3) is 8.13. The predicted octanol–water partition coefficient (Wildman–Crippen LogP) is 14.2. The number of rotatable bonds is 12. The minimum atomic E-state index is -2.89. The van der Waals surface area contributed by atoms with Crippen LogP contribution in [0.1, 0.15) is 0 Å². The molecule has 0 aliphatic heterocycles. The first-order valence-corrected chi connectivity index (χ1v) is 34.6. The van der Waals surface area contributed by atoms with E-state index in [4.69, 9.17) is 9.97 Å². The van der Waals surface area contributed by atoms with E-state index in [2.05, 4.69) is 359 Å². The maximum Gasteiger partial charge on any atom is 0.237 e. The summed E-state index contributed by atoms with van der Waals surface area (Å²) in [6.45, 7) is 0. The van der Waals surface area contributed by atoms with Crippen LogP contribution in [-0.2, 0) is 0 Å². The van der Waals surface area contributed by atoms with E-state index in [0.717, 1.165) is 77.4 Å². The molecular weight excluding hydrogens is 1110 g/mol. The number of nitrogens with zero attached hydrogens (tertiary/aromatic N) is 5. The van der Waals surface area contributed by atoms with Gasteiger partial charge in [-0.15, -0.1) is 0 Å². The summed E-state index contributed by atoms with van der Waals surface area (Å²) in [6, 6.07) is 128. The molecule has 0 N–H and O–H groups in total. The molecule has 0 bridgehead atoms. The van der Waals surface area contributed by atoms with Crippen LogP contribution in [0, 0.1) is 0 Å². The topological polar surface area (TPSA) is 40.6 Å². The lowest BCUT2D eigenvalue weighted by molar-refractivity contribution is 0.953. The first kappa shape index (κ1) is 52.1. The molecule has 418 valence electrons. The molecule has 0 aliphatic rings. The summed E-state index contributed by atoms with van der Waals surface area (Å²) in [5.74, 6) is 1.38. The van der Waals surface area contributed by atoms with Crippen LogP contribution < -0.4 is 41.5 Å². The van der Waals surface area contributed by atoms with Crippen LogP contribution in [0.25, 0.3) is 94.1 Å². The second-order valence-corrected chi connectivity index (χ2v) is 30.8. The molecular formula is C82H57N5Si2. The maximum absolute atomic E-state index is 5.82. The Bertz CT molecular complexity index is 5230. The summed E-state index contributed by atoms with van der Waals surface area (Å²) in [5.41, 5.74) is 9.40. The van der Waals surface area contributed by atoms with Crippen LogP contribution in [0.2, 0.25) is 0 Å². The van der Waals surface area contributed by atoms with Crippen LogP contribution in [-0.4, -0.2) is 39.8 Å². The number of hydrogen-bond donors (Lipinski definition) is 0. The second kappa shape index (κ2) is 21.3. The van der Waals surface area contributed by atoms with Crippen molar-refractivity contribution in [2.45, 2.75) is 0 Å². The predicted molar refractivity (Wildman–Crippen MR) is 378 cm³/mol. The Morgan fingerprint density at radius 3 is 1.08 bits per heavy atom. The average Bonchev–Trinajstić information content (AvgIpc) is 1.67. The zero-order valence-corrected chi connectivity index (χ0v) is 50.6. The highest BCUT2D eigenvalue weighted by Crippen LogP contribution is 2.42. The Morgan fingerprint density at radius 1 is 0.236 bits per heavy atom. The smallest absolute Gasteiger partial charge is 0.237 e. The van der Waals surface area contributed by atoms with Crippen molar-refractivity contribution < 1.29 is 0 Å². The summed E-state index contributed by atoms with van der Waals surface area (Å²) >= 11 is 0. The number of benzene rings is 13. The van der Waals surface area contributed by atoms with Gasteiger partial charge in [-0.05, 0) is 84.0 Å². The fraction of sp³-hybridized carbons (Fsp3) is 0. The normalized spacial score (nSPS) is 12.0. The van der Waals surface area contributed by atoms with Gasteiger partial charge >= 0.3 is 0 Å². The Morgan fingerprint density at radius 2 is 0.607 bits per heavy atom. The van der Waals surface area contributed by atoms with Crippen LogP contribution in [0.15, 0.2) is 346 Å². The van der Waals surface area contributed by atoms with Crippen molar-refractivity contribution in [1.29, 1.82) is 0 Å². The summed E-state index contributed by atoms with van der Waals surface area (Å²) in [6.07, 6.45) is 0. The van der Waals surface area contributed by atoms with Crippen molar-refractivity contribution in [2.24, 2.45) is 0 Å². The molecule has 0 amide bonds. The van der Waals surface area contributed by atoms with E-state index in [0.29, 0.717) is 5.95 Å². The standard InChI is InChI=1S/C82H57N5Si2/c1-7-29-60(30-8-1)88(61-31-9-2-10-32-61,62-33-11-3-12-34-62)66-52-50-58(51-53-66)73-57-79(86-74-46-23-19-42-68(74)69-43-20-24-47-75(69)86)84-82(83-73)87-76-48-25-21-44-70(76)71-54-55-78-80(81(71)87)72-45-22-26-49-77(72)85(78)59-28-27-41-67(56-59)89(63-35-13-4-14-36-63,64-37-15-5-16-38-64)65-39-17-6-18-40-65/h1-57H. The third-order valence-corrected chi connectivity index (χ3v) is 28.1. The van der Waals surface area contributed by atoms with E-state index >= 15 is 0 Å². The first-order valence-electron chi connectivity index (χ1n) is 30.6. The van der Waals surface area contributed by atoms with Gasteiger partial charge in [0, 0.05) is 49.6 Å². The van der Waals surface area contributed by atoms with Crippen LogP contribution in [0.3, 0.4) is 0 Å². The van der Waals surface area contributed by atoms with Crippen molar-refractivity contribution in [2.75, 3.05) is 0 Å². The SMILES string of the molecule is c1ccc([Si](c2ccccc2)(c2ccccc2)c2ccc(-c3cc(-n4c5ccccc5c5ccccc54)nc(-n4c5ccccc5c5ccc6c(c7ccccc7n6-c6cccc([Si](c7ccccc7)(c7ccccc7)c7ccccc7)c6)c54)n3)cc2)cc1.